The first-order valence-electron chi connectivity index (χ1n) is 6.72. The molecule has 1 aromatic carbocycles. The molecule has 5 heteroatoms. The van der Waals surface area contributed by atoms with Gasteiger partial charge in [-0.1, -0.05) is 27.7 Å². The monoisotopic (exact) mass is 277 g/mol. The Bertz CT molecular complexity index is 475. The predicted molar refractivity (Wildman–Crippen MR) is 81.4 cm³/mol. The molecule has 0 bridgehead atoms. The number of hydrogen-bond donors (Lipinski definition) is 3. The molecule has 0 fully saturated rings. The van der Waals surface area contributed by atoms with E-state index in [1.807, 2.05) is 27.7 Å². The molecule has 1 atom stereocenters. The normalized spacial score (nSPS) is 12.7. The van der Waals surface area contributed by atoms with E-state index in [4.69, 9.17) is 5.73 Å². The van der Waals surface area contributed by atoms with Crippen LogP contribution in [0.15, 0.2) is 24.3 Å². The van der Waals surface area contributed by atoms with Gasteiger partial charge in [-0.3, -0.25) is 9.59 Å². The zero-order valence-electron chi connectivity index (χ0n) is 12.5. The molecule has 110 valence electrons. The number of amides is 2. The third-order valence-corrected chi connectivity index (χ3v) is 2.87. The molecule has 0 saturated carbocycles. The highest BCUT2D eigenvalue weighted by molar-refractivity contribution is 5.96. The lowest BCUT2D eigenvalue weighted by atomic mass is 9.95. The molecule has 0 radical (unpaired) electrons. The molecular weight excluding hydrogens is 254 g/mol. The van der Waals surface area contributed by atoms with Crippen molar-refractivity contribution in [1.29, 1.82) is 0 Å². The van der Waals surface area contributed by atoms with Crippen molar-refractivity contribution < 1.29 is 9.59 Å². The summed E-state index contributed by atoms with van der Waals surface area (Å²) < 4.78 is 0. The maximum absolute atomic E-state index is 11.8. The Morgan fingerprint density at radius 2 is 1.55 bits per heavy atom. The quantitative estimate of drug-likeness (QED) is 0.789. The highest BCUT2D eigenvalue weighted by Crippen LogP contribution is 2.19. The summed E-state index contributed by atoms with van der Waals surface area (Å²) in [4.78, 5) is 23.5. The fourth-order valence-electron chi connectivity index (χ4n) is 1.38. The minimum atomic E-state index is -0.504. The van der Waals surface area contributed by atoms with Crippen LogP contribution in [0.2, 0.25) is 0 Å². The van der Waals surface area contributed by atoms with Crippen LogP contribution >= 0.6 is 0 Å². The number of rotatable bonds is 4. The minimum absolute atomic E-state index is 0.0534. The van der Waals surface area contributed by atoms with Gasteiger partial charge in [0.2, 0.25) is 11.8 Å². The van der Waals surface area contributed by atoms with Crippen LogP contribution in [-0.4, -0.2) is 17.9 Å². The first kappa shape index (κ1) is 16.2. The molecule has 20 heavy (non-hydrogen) atoms. The zero-order chi connectivity index (χ0) is 15.3. The molecule has 0 aliphatic heterocycles. The van der Waals surface area contributed by atoms with Gasteiger partial charge in [0, 0.05) is 16.8 Å². The van der Waals surface area contributed by atoms with Crippen molar-refractivity contribution in [1.82, 2.24) is 0 Å². The van der Waals surface area contributed by atoms with Gasteiger partial charge in [-0.15, -0.1) is 0 Å². The molecule has 5 nitrogen and oxygen atoms in total. The summed E-state index contributed by atoms with van der Waals surface area (Å²) in [6.07, 6.45) is 0.589. The summed E-state index contributed by atoms with van der Waals surface area (Å²) in [5, 5.41) is 5.55. The molecule has 0 spiro atoms. The zero-order valence-corrected chi connectivity index (χ0v) is 12.5. The van der Waals surface area contributed by atoms with Crippen LogP contribution in [0.25, 0.3) is 0 Å². The number of nitrogens with two attached hydrogens (primary N) is 1. The maximum atomic E-state index is 11.8. The highest BCUT2D eigenvalue weighted by Gasteiger charge is 2.21. The Hall–Kier alpha value is -1.88. The molecular formula is C15H23N3O2. The van der Waals surface area contributed by atoms with Gasteiger partial charge in [0.05, 0.1) is 6.04 Å². The molecule has 0 saturated heterocycles. The Balaban J connectivity index is 2.65. The molecule has 2 amide bonds. The second-order valence-electron chi connectivity index (χ2n) is 5.79. The molecule has 0 aliphatic carbocycles. The van der Waals surface area contributed by atoms with Crippen molar-refractivity contribution in [2.24, 2.45) is 11.1 Å². The second kappa shape index (κ2) is 6.52. The van der Waals surface area contributed by atoms with Crippen LogP contribution in [0.3, 0.4) is 0 Å². The first-order chi connectivity index (χ1) is 9.24. The summed E-state index contributed by atoms with van der Waals surface area (Å²) >= 11 is 0. The summed E-state index contributed by atoms with van der Waals surface area (Å²) in [5.74, 6) is -0.263. The third-order valence-electron chi connectivity index (χ3n) is 2.87. The van der Waals surface area contributed by atoms with Crippen LogP contribution in [0.1, 0.15) is 34.1 Å². The van der Waals surface area contributed by atoms with Gasteiger partial charge in [0.25, 0.3) is 0 Å². The van der Waals surface area contributed by atoms with E-state index < -0.39 is 11.5 Å². The number of anilines is 2. The summed E-state index contributed by atoms with van der Waals surface area (Å²) in [6, 6.07) is 6.46. The van der Waals surface area contributed by atoms with E-state index >= 15 is 0 Å². The number of carbonyl (C=O) groups is 2. The van der Waals surface area contributed by atoms with Crippen molar-refractivity contribution >= 4 is 23.2 Å². The lowest BCUT2D eigenvalue weighted by Crippen LogP contribution is -2.34. The van der Waals surface area contributed by atoms with Crippen LogP contribution in [0.4, 0.5) is 11.4 Å². The number of benzene rings is 1. The van der Waals surface area contributed by atoms with Crippen LogP contribution in [0, 0.1) is 5.41 Å². The Morgan fingerprint density at radius 1 is 1.10 bits per heavy atom. The fourth-order valence-corrected chi connectivity index (χ4v) is 1.38. The van der Waals surface area contributed by atoms with Gasteiger partial charge in [0.1, 0.15) is 0 Å². The summed E-state index contributed by atoms with van der Waals surface area (Å²) in [5.41, 5.74) is 6.55. The Labute approximate surface area is 119 Å². The van der Waals surface area contributed by atoms with Crippen LogP contribution in [0.5, 0.6) is 0 Å². The Kier molecular flexibility index (Phi) is 5.27. The molecule has 0 aliphatic rings. The average molecular weight is 277 g/mol. The lowest BCUT2D eigenvalue weighted by Gasteiger charge is -2.18. The van der Waals surface area contributed by atoms with E-state index in [-0.39, 0.29) is 11.8 Å². The lowest BCUT2D eigenvalue weighted by molar-refractivity contribution is -0.123. The standard InChI is InChI=1S/C15H23N3O2/c1-5-12(16)13(19)17-10-6-8-11(9-7-10)18-14(20)15(2,3)4/h6-9,12H,5,16H2,1-4H3,(H,17,19)(H,18,20)/t12-/m0/s1. The molecule has 0 aromatic heterocycles. The molecule has 1 aromatic rings. The molecule has 1 rings (SSSR count). The topological polar surface area (TPSA) is 84.2 Å². The molecule has 0 heterocycles. The summed E-state index contributed by atoms with van der Waals surface area (Å²) in [7, 11) is 0. The average Bonchev–Trinajstić information content (AvgIpc) is 2.38. The minimum Gasteiger partial charge on any atom is -0.326 e. The van der Waals surface area contributed by atoms with E-state index in [1.165, 1.54) is 0 Å². The van der Waals surface area contributed by atoms with Crippen molar-refractivity contribution in [3.05, 3.63) is 24.3 Å². The van der Waals surface area contributed by atoms with Crippen molar-refractivity contribution in [3.8, 4) is 0 Å². The molecule has 4 N–H and O–H groups in total. The fraction of sp³-hybridized carbons (Fsp3) is 0.467. The van der Waals surface area contributed by atoms with E-state index in [1.54, 1.807) is 24.3 Å². The van der Waals surface area contributed by atoms with E-state index in [0.717, 1.165) is 0 Å². The van der Waals surface area contributed by atoms with Crippen molar-refractivity contribution in [3.63, 3.8) is 0 Å². The van der Waals surface area contributed by atoms with Gasteiger partial charge in [-0.25, -0.2) is 0 Å². The van der Waals surface area contributed by atoms with Crippen LogP contribution in [-0.2, 0) is 9.59 Å². The smallest absolute Gasteiger partial charge is 0.241 e. The second-order valence-corrected chi connectivity index (χ2v) is 5.79. The van der Waals surface area contributed by atoms with Gasteiger partial charge in [-0.2, -0.15) is 0 Å². The number of hydrogen-bond acceptors (Lipinski definition) is 3. The van der Waals surface area contributed by atoms with E-state index in [0.29, 0.717) is 17.8 Å². The Morgan fingerprint density at radius 3 is 1.95 bits per heavy atom. The highest BCUT2D eigenvalue weighted by atomic mass is 16.2. The SMILES string of the molecule is CC[C@H](N)C(=O)Nc1ccc(NC(=O)C(C)(C)C)cc1. The molecule has 0 unspecified atom stereocenters. The maximum Gasteiger partial charge on any atom is 0.241 e. The first-order valence-corrected chi connectivity index (χ1v) is 6.72. The summed E-state index contributed by atoms with van der Waals surface area (Å²) in [6.45, 7) is 7.41. The van der Waals surface area contributed by atoms with Gasteiger partial charge in [0.15, 0.2) is 0 Å². The third kappa shape index (κ3) is 4.66. The van der Waals surface area contributed by atoms with E-state index in [9.17, 15) is 9.59 Å². The van der Waals surface area contributed by atoms with Crippen molar-refractivity contribution in [2.75, 3.05) is 10.6 Å². The van der Waals surface area contributed by atoms with Crippen LogP contribution < -0.4 is 16.4 Å². The van der Waals surface area contributed by atoms with Crippen molar-refractivity contribution in [2.45, 2.75) is 40.2 Å². The van der Waals surface area contributed by atoms with Gasteiger partial charge < -0.3 is 16.4 Å². The number of nitrogens with one attached hydrogen (secondary N) is 2. The van der Waals surface area contributed by atoms with Gasteiger partial charge >= 0.3 is 0 Å². The van der Waals surface area contributed by atoms with Gasteiger partial charge in [-0.05, 0) is 30.7 Å². The predicted octanol–water partition coefficient (Wildman–Crippen LogP) is 2.35. The van der Waals surface area contributed by atoms with E-state index in [2.05, 4.69) is 10.6 Å². The largest absolute Gasteiger partial charge is 0.326 e. The number of carbonyl (C=O) groups excluding carboxylic acids is 2.